The fourth-order valence-corrected chi connectivity index (χ4v) is 2.82. The van der Waals surface area contributed by atoms with Gasteiger partial charge in [-0.3, -0.25) is 0 Å². The van der Waals surface area contributed by atoms with Crippen molar-refractivity contribution in [2.24, 2.45) is 5.73 Å². The molecule has 0 aliphatic rings. The summed E-state index contributed by atoms with van der Waals surface area (Å²) in [6, 6.07) is 5.75. The molecule has 108 valence electrons. The van der Waals surface area contributed by atoms with Crippen LogP contribution in [0.1, 0.15) is 17.8 Å². The molecular weight excluding hydrogens is 272 g/mol. The van der Waals surface area contributed by atoms with E-state index in [0.717, 1.165) is 53.6 Å². The van der Waals surface area contributed by atoms with E-state index in [-0.39, 0.29) is 0 Å². The van der Waals surface area contributed by atoms with E-state index in [1.54, 1.807) is 25.6 Å². The van der Waals surface area contributed by atoms with Crippen LogP contribution in [0.2, 0.25) is 0 Å². The summed E-state index contributed by atoms with van der Waals surface area (Å²) >= 11 is 1.68. The fraction of sp³-hybridized carbons (Fsp3) is 0.400. The first kappa shape index (κ1) is 14.8. The lowest BCUT2D eigenvalue weighted by atomic mass is 10.1. The summed E-state index contributed by atoms with van der Waals surface area (Å²) in [5.41, 5.74) is 7.42. The number of methoxy groups -OCH3 is 2. The maximum Gasteiger partial charge on any atom is 0.128 e. The van der Waals surface area contributed by atoms with Crippen LogP contribution in [0.5, 0.6) is 11.5 Å². The number of aromatic nitrogens is 1. The van der Waals surface area contributed by atoms with Gasteiger partial charge in [0.05, 0.1) is 24.9 Å². The Hall–Kier alpha value is -1.59. The van der Waals surface area contributed by atoms with Gasteiger partial charge in [0.25, 0.3) is 0 Å². The predicted octanol–water partition coefficient (Wildman–Crippen LogP) is 3.11. The van der Waals surface area contributed by atoms with Crippen molar-refractivity contribution in [3.63, 3.8) is 0 Å². The highest BCUT2D eigenvalue weighted by Gasteiger charge is 2.11. The van der Waals surface area contributed by atoms with Gasteiger partial charge in [-0.1, -0.05) is 0 Å². The summed E-state index contributed by atoms with van der Waals surface area (Å²) in [7, 11) is 3.32. The second kappa shape index (κ2) is 7.26. The van der Waals surface area contributed by atoms with Crippen LogP contribution in [-0.4, -0.2) is 25.7 Å². The van der Waals surface area contributed by atoms with Gasteiger partial charge in [0, 0.05) is 10.9 Å². The first-order chi connectivity index (χ1) is 9.78. The zero-order chi connectivity index (χ0) is 14.4. The molecule has 0 atom stereocenters. The number of hydrogen-bond acceptors (Lipinski definition) is 5. The Morgan fingerprint density at radius 3 is 2.75 bits per heavy atom. The van der Waals surface area contributed by atoms with Gasteiger partial charge in [-0.2, -0.15) is 0 Å². The molecule has 0 saturated carbocycles. The molecule has 1 aromatic carbocycles. The van der Waals surface area contributed by atoms with Crippen LogP contribution in [0.15, 0.2) is 23.6 Å². The second-order valence-corrected chi connectivity index (χ2v) is 5.38. The normalized spacial score (nSPS) is 10.6. The molecule has 0 saturated heterocycles. The summed E-state index contributed by atoms with van der Waals surface area (Å²) in [6.07, 6.45) is 3.10. The molecule has 1 heterocycles. The van der Waals surface area contributed by atoms with E-state index in [1.165, 1.54) is 0 Å². The van der Waals surface area contributed by atoms with Crippen LogP contribution < -0.4 is 15.2 Å². The SMILES string of the molecule is COc1ccc(OC)c(-c2csc(CCCCN)n2)c1. The van der Waals surface area contributed by atoms with E-state index < -0.39 is 0 Å². The molecule has 0 unspecified atom stereocenters. The third-order valence-corrected chi connectivity index (χ3v) is 3.99. The molecule has 0 fully saturated rings. The van der Waals surface area contributed by atoms with Gasteiger partial charge in [0.2, 0.25) is 0 Å². The minimum absolute atomic E-state index is 0.738. The predicted molar refractivity (Wildman–Crippen MR) is 82.6 cm³/mol. The molecule has 0 aliphatic carbocycles. The summed E-state index contributed by atoms with van der Waals surface area (Å²) < 4.78 is 10.7. The minimum Gasteiger partial charge on any atom is -0.497 e. The van der Waals surface area contributed by atoms with Crippen molar-refractivity contribution in [1.82, 2.24) is 4.98 Å². The first-order valence-corrected chi connectivity index (χ1v) is 7.53. The van der Waals surface area contributed by atoms with Gasteiger partial charge in [0.1, 0.15) is 11.5 Å². The largest absolute Gasteiger partial charge is 0.497 e. The number of unbranched alkanes of at least 4 members (excludes halogenated alkanes) is 1. The summed E-state index contributed by atoms with van der Waals surface area (Å²) in [4.78, 5) is 4.68. The maximum atomic E-state index is 5.51. The molecule has 0 radical (unpaired) electrons. The smallest absolute Gasteiger partial charge is 0.128 e. The van der Waals surface area contributed by atoms with Crippen LogP contribution >= 0.6 is 11.3 Å². The molecule has 5 heteroatoms. The highest BCUT2D eigenvalue weighted by molar-refractivity contribution is 7.09. The Morgan fingerprint density at radius 2 is 2.05 bits per heavy atom. The summed E-state index contributed by atoms with van der Waals surface area (Å²) in [5, 5.41) is 3.20. The average Bonchev–Trinajstić information content (AvgIpc) is 2.95. The zero-order valence-corrected chi connectivity index (χ0v) is 12.7. The quantitative estimate of drug-likeness (QED) is 0.797. The van der Waals surface area contributed by atoms with Crippen LogP contribution in [0.3, 0.4) is 0 Å². The average molecular weight is 292 g/mol. The Labute approximate surface area is 123 Å². The summed E-state index contributed by atoms with van der Waals surface area (Å²) in [5.74, 6) is 1.61. The van der Waals surface area contributed by atoms with Gasteiger partial charge < -0.3 is 15.2 Å². The van der Waals surface area contributed by atoms with Gasteiger partial charge >= 0.3 is 0 Å². The molecule has 20 heavy (non-hydrogen) atoms. The van der Waals surface area contributed by atoms with Crippen molar-refractivity contribution < 1.29 is 9.47 Å². The van der Waals surface area contributed by atoms with E-state index in [0.29, 0.717) is 0 Å². The number of rotatable bonds is 7. The van der Waals surface area contributed by atoms with Gasteiger partial charge in [-0.05, 0) is 44.0 Å². The Kier molecular flexibility index (Phi) is 5.38. The summed E-state index contributed by atoms with van der Waals surface area (Å²) in [6.45, 7) is 0.738. The standard InChI is InChI=1S/C15H20N2O2S/c1-18-11-6-7-14(19-2)12(9-11)13-10-20-15(17-13)5-3-4-8-16/h6-7,9-10H,3-5,8,16H2,1-2H3. The fourth-order valence-electron chi connectivity index (χ4n) is 1.98. The zero-order valence-electron chi connectivity index (χ0n) is 11.9. The molecule has 0 bridgehead atoms. The van der Waals surface area contributed by atoms with Crippen molar-refractivity contribution in [2.45, 2.75) is 19.3 Å². The number of hydrogen-bond donors (Lipinski definition) is 1. The van der Waals surface area contributed by atoms with Crippen molar-refractivity contribution in [1.29, 1.82) is 0 Å². The molecule has 1 aromatic heterocycles. The molecule has 2 aromatic rings. The monoisotopic (exact) mass is 292 g/mol. The lowest BCUT2D eigenvalue weighted by Gasteiger charge is -2.08. The van der Waals surface area contributed by atoms with Crippen molar-refractivity contribution >= 4 is 11.3 Å². The number of ether oxygens (including phenoxy) is 2. The molecule has 0 amide bonds. The number of nitrogens with two attached hydrogens (primary N) is 1. The van der Waals surface area contributed by atoms with Gasteiger partial charge in [-0.15, -0.1) is 11.3 Å². The van der Waals surface area contributed by atoms with E-state index in [9.17, 15) is 0 Å². The van der Waals surface area contributed by atoms with Gasteiger partial charge in [0.15, 0.2) is 0 Å². The van der Waals surface area contributed by atoms with E-state index in [2.05, 4.69) is 10.4 Å². The highest BCUT2D eigenvalue weighted by atomic mass is 32.1. The third kappa shape index (κ3) is 3.49. The lowest BCUT2D eigenvalue weighted by molar-refractivity contribution is 0.404. The number of aryl methyl sites for hydroxylation is 1. The molecule has 4 nitrogen and oxygen atoms in total. The number of benzene rings is 1. The van der Waals surface area contributed by atoms with Crippen molar-refractivity contribution in [2.75, 3.05) is 20.8 Å². The van der Waals surface area contributed by atoms with Crippen LogP contribution in [0, 0.1) is 0 Å². The number of nitrogens with zero attached hydrogens (tertiary/aromatic N) is 1. The van der Waals surface area contributed by atoms with E-state index in [4.69, 9.17) is 15.2 Å². The highest BCUT2D eigenvalue weighted by Crippen LogP contribution is 2.34. The van der Waals surface area contributed by atoms with Crippen LogP contribution in [0.4, 0.5) is 0 Å². The maximum absolute atomic E-state index is 5.51. The topological polar surface area (TPSA) is 57.4 Å². The van der Waals surface area contributed by atoms with Crippen LogP contribution in [-0.2, 0) is 6.42 Å². The lowest BCUT2D eigenvalue weighted by Crippen LogP contribution is -1.98. The van der Waals surface area contributed by atoms with Crippen LogP contribution in [0.25, 0.3) is 11.3 Å². The van der Waals surface area contributed by atoms with E-state index in [1.807, 2.05) is 18.2 Å². The molecule has 2 rings (SSSR count). The van der Waals surface area contributed by atoms with Gasteiger partial charge in [-0.25, -0.2) is 4.98 Å². The Bertz CT molecular complexity index is 555. The molecular formula is C15H20N2O2S. The van der Waals surface area contributed by atoms with Crippen molar-refractivity contribution in [3.05, 3.63) is 28.6 Å². The first-order valence-electron chi connectivity index (χ1n) is 6.65. The number of thiazole rings is 1. The molecule has 2 N–H and O–H groups in total. The Morgan fingerprint density at radius 1 is 1.20 bits per heavy atom. The minimum atomic E-state index is 0.738. The second-order valence-electron chi connectivity index (χ2n) is 4.44. The Balaban J connectivity index is 2.22. The molecule has 0 aliphatic heterocycles. The third-order valence-electron chi connectivity index (χ3n) is 3.08. The van der Waals surface area contributed by atoms with Crippen molar-refractivity contribution in [3.8, 4) is 22.8 Å². The van der Waals surface area contributed by atoms with E-state index >= 15 is 0 Å². The molecule has 0 spiro atoms.